The van der Waals surface area contributed by atoms with Gasteiger partial charge in [0.1, 0.15) is 0 Å². The first-order chi connectivity index (χ1) is 8.48. The van der Waals surface area contributed by atoms with Gasteiger partial charge >= 0.3 is 6.01 Å². The summed E-state index contributed by atoms with van der Waals surface area (Å²) in [5.74, 6) is 1.44. The normalized spacial score (nSPS) is 20.7. The van der Waals surface area contributed by atoms with Gasteiger partial charge in [-0.3, -0.25) is 0 Å². The van der Waals surface area contributed by atoms with E-state index >= 15 is 0 Å². The highest BCUT2D eigenvalue weighted by Gasteiger charge is 2.25. The summed E-state index contributed by atoms with van der Waals surface area (Å²) < 4.78 is 5.70. The average molecular weight is 252 g/mol. The molecule has 2 heterocycles. The van der Waals surface area contributed by atoms with Crippen LogP contribution in [0.1, 0.15) is 46.4 Å². The highest BCUT2D eigenvalue weighted by atomic mass is 16.4. The van der Waals surface area contributed by atoms with Gasteiger partial charge in [0.2, 0.25) is 5.89 Å². The van der Waals surface area contributed by atoms with E-state index in [1.165, 1.54) is 12.8 Å². The molecule has 1 aliphatic heterocycles. The molecule has 1 unspecified atom stereocenters. The lowest BCUT2D eigenvalue weighted by molar-refractivity contribution is 0.381. The molecular weight excluding hydrogens is 228 g/mol. The Bertz CT molecular complexity index is 383. The number of anilines is 1. The summed E-state index contributed by atoms with van der Waals surface area (Å²) in [5, 5.41) is 11.6. The molecule has 18 heavy (non-hydrogen) atoms. The Hall–Kier alpha value is -1.10. The molecule has 1 atom stereocenters. The Morgan fingerprint density at radius 3 is 2.78 bits per heavy atom. The third-order valence-corrected chi connectivity index (χ3v) is 3.36. The van der Waals surface area contributed by atoms with E-state index in [4.69, 9.17) is 4.42 Å². The highest BCUT2D eigenvalue weighted by molar-refractivity contribution is 5.26. The molecular formula is C13H24N4O. The first-order valence-corrected chi connectivity index (χ1v) is 6.80. The van der Waals surface area contributed by atoms with Gasteiger partial charge in [0, 0.05) is 18.6 Å². The predicted octanol–water partition coefficient (Wildman–Crippen LogP) is 2.19. The number of hydrogen-bond donors (Lipinski definition) is 1. The van der Waals surface area contributed by atoms with Crippen LogP contribution in [0.25, 0.3) is 0 Å². The Morgan fingerprint density at radius 1 is 1.39 bits per heavy atom. The molecule has 1 saturated heterocycles. The third-order valence-electron chi connectivity index (χ3n) is 3.36. The molecule has 0 amide bonds. The van der Waals surface area contributed by atoms with E-state index in [1.807, 2.05) is 0 Å². The zero-order valence-corrected chi connectivity index (χ0v) is 11.9. The average Bonchev–Trinajstić information content (AvgIpc) is 2.94. The van der Waals surface area contributed by atoms with Gasteiger partial charge in [0.25, 0.3) is 0 Å². The van der Waals surface area contributed by atoms with E-state index in [-0.39, 0.29) is 5.54 Å². The topological polar surface area (TPSA) is 54.2 Å². The molecule has 1 fully saturated rings. The van der Waals surface area contributed by atoms with Crippen LogP contribution in [0.4, 0.5) is 6.01 Å². The maximum atomic E-state index is 5.70. The number of aromatic nitrogens is 2. The van der Waals surface area contributed by atoms with E-state index < -0.39 is 0 Å². The van der Waals surface area contributed by atoms with Gasteiger partial charge in [0.05, 0.1) is 6.54 Å². The minimum absolute atomic E-state index is 0.0651. The van der Waals surface area contributed by atoms with Crippen LogP contribution < -0.4 is 10.2 Å². The number of rotatable bonds is 4. The largest absolute Gasteiger partial charge is 0.407 e. The Labute approximate surface area is 109 Å². The molecule has 0 spiro atoms. The summed E-state index contributed by atoms with van der Waals surface area (Å²) in [5.41, 5.74) is 0.0651. The summed E-state index contributed by atoms with van der Waals surface area (Å²) in [6.07, 6.45) is 2.46. The molecule has 0 saturated carbocycles. The molecule has 5 heteroatoms. The van der Waals surface area contributed by atoms with Gasteiger partial charge in [0.15, 0.2) is 0 Å². The van der Waals surface area contributed by atoms with Gasteiger partial charge in [-0.05, 0) is 33.1 Å². The molecule has 5 nitrogen and oxygen atoms in total. The highest BCUT2D eigenvalue weighted by Crippen LogP contribution is 2.24. The van der Waals surface area contributed by atoms with Crippen molar-refractivity contribution in [3.8, 4) is 0 Å². The van der Waals surface area contributed by atoms with Gasteiger partial charge < -0.3 is 14.6 Å². The van der Waals surface area contributed by atoms with Crippen LogP contribution in [0.3, 0.4) is 0 Å². The molecule has 2 rings (SSSR count). The second-order valence-corrected chi connectivity index (χ2v) is 6.09. The van der Waals surface area contributed by atoms with Crippen molar-refractivity contribution in [1.29, 1.82) is 0 Å². The van der Waals surface area contributed by atoms with Crippen molar-refractivity contribution in [3.05, 3.63) is 5.89 Å². The Kier molecular flexibility index (Phi) is 3.90. The summed E-state index contributed by atoms with van der Waals surface area (Å²) in [4.78, 5) is 2.20. The molecule has 0 radical (unpaired) electrons. The van der Waals surface area contributed by atoms with E-state index in [0.717, 1.165) is 19.0 Å². The van der Waals surface area contributed by atoms with Gasteiger partial charge in [-0.1, -0.05) is 18.4 Å². The zero-order chi connectivity index (χ0) is 13.2. The fraction of sp³-hybridized carbons (Fsp3) is 0.846. The van der Waals surface area contributed by atoms with E-state index in [1.54, 1.807) is 0 Å². The summed E-state index contributed by atoms with van der Waals surface area (Å²) in [6.45, 7) is 11.3. The standard InChI is InChI=1S/C13H24N4O/c1-5-10-6-7-17(9-10)12-16-15-11(18-12)8-14-13(2,3)4/h10,14H,5-9H2,1-4H3. The van der Waals surface area contributed by atoms with Crippen LogP contribution in [-0.4, -0.2) is 28.8 Å². The lowest BCUT2D eigenvalue weighted by Gasteiger charge is -2.18. The number of nitrogens with zero attached hydrogens (tertiary/aromatic N) is 3. The number of hydrogen-bond acceptors (Lipinski definition) is 5. The summed E-state index contributed by atoms with van der Waals surface area (Å²) >= 11 is 0. The molecule has 1 aromatic heterocycles. The molecule has 1 N–H and O–H groups in total. The van der Waals surface area contributed by atoms with Crippen molar-refractivity contribution in [3.63, 3.8) is 0 Å². The van der Waals surface area contributed by atoms with Gasteiger partial charge in [-0.25, -0.2) is 0 Å². The first-order valence-electron chi connectivity index (χ1n) is 6.80. The third kappa shape index (κ3) is 3.45. The fourth-order valence-corrected chi connectivity index (χ4v) is 2.12. The Morgan fingerprint density at radius 2 is 2.17 bits per heavy atom. The summed E-state index contributed by atoms with van der Waals surface area (Å²) in [6, 6.07) is 0.677. The van der Waals surface area contributed by atoms with Crippen molar-refractivity contribution < 1.29 is 4.42 Å². The molecule has 0 aliphatic carbocycles. The van der Waals surface area contributed by atoms with Gasteiger partial charge in [-0.2, -0.15) is 0 Å². The molecule has 0 bridgehead atoms. The minimum atomic E-state index is 0.0651. The lowest BCUT2D eigenvalue weighted by atomic mass is 10.1. The molecule has 102 valence electrons. The fourth-order valence-electron chi connectivity index (χ4n) is 2.12. The van der Waals surface area contributed by atoms with Crippen LogP contribution in [0, 0.1) is 5.92 Å². The van der Waals surface area contributed by atoms with Crippen LogP contribution in [0.2, 0.25) is 0 Å². The van der Waals surface area contributed by atoms with Crippen LogP contribution >= 0.6 is 0 Å². The second kappa shape index (κ2) is 5.26. The Balaban J connectivity index is 1.90. The molecule has 1 aromatic rings. The smallest absolute Gasteiger partial charge is 0.318 e. The van der Waals surface area contributed by atoms with Crippen molar-refractivity contribution >= 4 is 6.01 Å². The van der Waals surface area contributed by atoms with Crippen molar-refractivity contribution in [1.82, 2.24) is 15.5 Å². The summed E-state index contributed by atoms with van der Waals surface area (Å²) in [7, 11) is 0. The minimum Gasteiger partial charge on any atom is -0.407 e. The zero-order valence-electron chi connectivity index (χ0n) is 11.9. The lowest BCUT2D eigenvalue weighted by Crippen LogP contribution is -2.35. The van der Waals surface area contributed by atoms with E-state index in [2.05, 4.69) is 48.1 Å². The van der Waals surface area contributed by atoms with Crippen LogP contribution in [-0.2, 0) is 6.54 Å². The maximum absolute atomic E-state index is 5.70. The SMILES string of the molecule is CCC1CCN(c2nnc(CNC(C)(C)C)o2)C1. The monoisotopic (exact) mass is 252 g/mol. The second-order valence-electron chi connectivity index (χ2n) is 6.09. The van der Waals surface area contributed by atoms with Crippen molar-refractivity contribution in [2.24, 2.45) is 5.92 Å². The predicted molar refractivity (Wildman–Crippen MR) is 71.5 cm³/mol. The van der Waals surface area contributed by atoms with Gasteiger partial charge in [-0.15, -0.1) is 5.10 Å². The molecule has 1 aliphatic rings. The number of nitrogens with one attached hydrogen (secondary N) is 1. The van der Waals surface area contributed by atoms with E-state index in [9.17, 15) is 0 Å². The maximum Gasteiger partial charge on any atom is 0.318 e. The van der Waals surface area contributed by atoms with E-state index in [0.29, 0.717) is 18.5 Å². The van der Waals surface area contributed by atoms with Crippen LogP contribution in [0.15, 0.2) is 4.42 Å². The first kappa shape index (κ1) is 13.3. The molecule has 0 aromatic carbocycles. The van der Waals surface area contributed by atoms with Crippen molar-refractivity contribution in [2.75, 3.05) is 18.0 Å². The van der Waals surface area contributed by atoms with Crippen LogP contribution in [0.5, 0.6) is 0 Å². The quantitative estimate of drug-likeness (QED) is 0.890. The van der Waals surface area contributed by atoms with Crippen molar-refractivity contribution in [2.45, 2.75) is 52.6 Å².